The number of aromatic nitrogens is 3. The third kappa shape index (κ3) is 2.86. The van der Waals surface area contributed by atoms with Crippen molar-refractivity contribution in [2.75, 3.05) is 11.5 Å². The van der Waals surface area contributed by atoms with E-state index in [1.165, 1.54) is 23.1 Å². The van der Waals surface area contributed by atoms with Crippen LogP contribution < -0.4 is 5.73 Å². The molecule has 90 valence electrons. The molecule has 2 aromatic rings. The van der Waals surface area contributed by atoms with Gasteiger partial charge in [-0.3, -0.25) is 4.79 Å². The zero-order valence-corrected chi connectivity index (χ0v) is 11.1. The molecule has 0 saturated heterocycles. The lowest BCUT2D eigenvalue weighted by Crippen LogP contribution is -2.02. The van der Waals surface area contributed by atoms with E-state index in [1.54, 1.807) is 0 Å². The summed E-state index contributed by atoms with van der Waals surface area (Å²) < 4.78 is 0.723. The quantitative estimate of drug-likeness (QED) is 0.654. The fourth-order valence-corrected chi connectivity index (χ4v) is 3.02. The summed E-state index contributed by atoms with van der Waals surface area (Å²) in [5.74, 6) is 0.442. The van der Waals surface area contributed by atoms with Gasteiger partial charge in [-0.05, 0) is 19.9 Å². The van der Waals surface area contributed by atoms with Gasteiger partial charge in [0.2, 0.25) is 5.13 Å². The lowest BCUT2D eigenvalue weighted by molar-refractivity contribution is 0.102. The van der Waals surface area contributed by atoms with E-state index in [1.807, 2.05) is 19.9 Å². The van der Waals surface area contributed by atoms with Gasteiger partial charge in [-0.15, -0.1) is 10.2 Å². The molecule has 0 bridgehead atoms. The topological polar surface area (TPSA) is 84.7 Å². The molecule has 0 aromatic carbocycles. The highest BCUT2D eigenvalue weighted by atomic mass is 32.2. The van der Waals surface area contributed by atoms with Crippen molar-refractivity contribution in [1.29, 1.82) is 0 Å². The maximum atomic E-state index is 11.9. The van der Waals surface area contributed by atoms with Crippen LogP contribution in [0.4, 0.5) is 5.13 Å². The fourth-order valence-electron chi connectivity index (χ4n) is 1.50. The fraction of sp³-hybridized carbons (Fsp3) is 0.300. The molecule has 5 nitrogen and oxygen atoms in total. The second-order valence-corrected chi connectivity index (χ2v) is 5.84. The Bertz CT molecular complexity index is 546. The van der Waals surface area contributed by atoms with Gasteiger partial charge in [-0.2, -0.15) is 0 Å². The molecule has 0 atom stereocenters. The summed E-state index contributed by atoms with van der Waals surface area (Å²) in [5.41, 5.74) is 8.11. The third-order valence-corrected chi connectivity index (χ3v) is 4.08. The van der Waals surface area contributed by atoms with Crippen LogP contribution >= 0.6 is 23.1 Å². The molecule has 0 spiro atoms. The van der Waals surface area contributed by atoms with Crippen LogP contribution in [0.2, 0.25) is 0 Å². The second-order valence-electron chi connectivity index (χ2n) is 3.61. The van der Waals surface area contributed by atoms with Crippen LogP contribution in [0.25, 0.3) is 0 Å². The van der Waals surface area contributed by atoms with Crippen LogP contribution in [-0.4, -0.2) is 26.7 Å². The predicted molar refractivity (Wildman–Crippen MR) is 69.6 cm³/mol. The number of aromatic amines is 1. The summed E-state index contributed by atoms with van der Waals surface area (Å²) in [7, 11) is 0. The van der Waals surface area contributed by atoms with Crippen molar-refractivity contribution in [3.63, 3.8) is 0 Å². The smallest absolute Gasteiger partial charge is 0.203 e. The van der Waals surface area contributed by atoms with E-state index in [0.717, 1.165) is 21.3 Å². The SMILES string of the molecule is Cc1cc(C(=O)CSc2nnc(N)s2)c(C)[nH]1. The van der Waals surface area contributed by atoms with Crippen LogP contribution in [0.3, 0.4) is 0 Å². The van der Waals surface area contributed by atoms with Gasteiger partial charge in [0.25, 0.3) is 0 Å². The number of ketones is 1. The average molecular weight is 268 g/mol. The Hall–Kier alpha value is -1.34. The summed E-state index contributed by atoms with van der Waals surface area (Å²) in [4.78, 5) is 15.1. The molecule has 3 N–H and O–H groups in total. The first kappa shape index (κ1) is 12.1. The van der Waals surface area contributed by atoms with Crippen molar-refractivity contribution in [1.82, 2.24) is 15.2 Å². The van der Waals surface area contributed by atoms with Crippen molar-refractivity contribution in [3.05, 3.63) is 23.0 Å². The molecular formula is C10H12N4OS2. The van der Waals surface area contributed by atoms with E-state index in [9.17, 15) is 4.79 Å². The van der Waals surface area contributed by atoms with Crippen molar-refractivity contribution in [2.24, 2.45) is 0 Å². The van der Waals surface area contributed by atoms with Crippen molar-refractivity contribution in [3.8, 4) is 0 Å². The number of nitrogens with one attached hydrogen (secondary N) is 1. The summed E-state index contributed by atoms with van der Waals surface area (Å²) in [6.07, 6.45) is 0. The number of nitrogen functional groups attached to an aromatic ring is 1. The molecule has 0 fully saturated rings. The van der Waals surface area contributed by atoms with E-state index in [4.69, 9.17) is 5.73 Å². The second kappa shape index (κ2) is 4.89. The van der Waals surface area contributed by atoms with Crippen LogP contribution in [0, 0.1) is 13.8 Å². The molecular weight excluding hydrogens is 256 g/mol. The van der Waals surface area contributed by atoms with Gasteiger partial charge in [0.05, 0.1) is 5.75 Å². The highest BCUT2D eigenvalue weighted by molar-refractivity contribution is 8.01. The minimum atomic E-state index is 0.0885. The minimum Gasteiger partial charge on any atom is -0.374 e. The van der Waals surface area contributed by atoms with Crippen molar-refractivity contribution >= 4 is 34.0 Å². The normalized spacial score (nSPS) is 10.7. The Kier molecular flexibility index (Phi) is 3.49. The Balaban J connectivity index is 2.00. The van der Waals surface area contributed by atoms with Gasteiger partial charge in [-0.1, -0.05) is 23.1 Å². The lowest BCUT2D eigenvalue weighted by Gasteiger charge is -1.97. The summed E-state index contributed by atoms with van der Waals surface area (Å²) in [6, 6.07) is 1.87. The van der Waals surface area contributed by atoms with Crippen molar-refractivity contribution in [2.45, 2.75) is 18.2 Å². The van der Waals surface area contributed by atoms with E-state index in [-0.39, 0.29) is 5.78 Å². The van der Waals surface area contributed by atoms with E-state index in [2.05, 4.69) is 15.2 Å². The Morgan fingerprint density at radius 3 is 2.82 bits per heavy atom. The predicted octanol–water partition coefficient (Wildman–Crippen LogP) is 2.04. The maximum absolute atomic E-state index is 11.9. The Morgan fingerprint density at radius 1 is 1.53 bits per heavy atom. The molecule has 0 aliphatic carbocycles. The minimum absolute atomic E-state index is 0.0885. The number of nitrogens with two attached hydrogens (primary N) is 1. The molecule has 0 aliphatic heterocycles. The molecule has 0 saturated carbocycles. The van der Waals surface area contributed by atoms with Gasteiger partial charge < -0.3 is 10.7 Å². The van der Waals surface area contributed by atoms with Gasteiger partial charge in [0.15, 0.2) is 10.1 Å². The van der Waals surface area contributed by atoms with Crippen LogP contribution in [0.15, 0.2) is 10.4 Å². The molecule has 2 aromatic heterocycles. The molecule has 0 unspecified atom stereocenters. The van der Waals surface area contributed by atoms with Gasteiger partial charge in [-0.25, -0.2) is 0 Å². The average Bonchev–Trinajstić information content (AvgIpc) is 2.81. The first-order chi connectivity index (χ1) is 8.06. The lowest BCUT2D eigenvalue weighted by atomic mass is 10.2. The van der Waals surface area contributed by atoms with Crippen LogP contribution in [0.5, 0.6) is 0 Å². The number of anilines is 1. The zero-order valence-electron chi connectivity index (χ0n) is 9.48. The van der Waals surface area contributed by atoms with E-state index >= 15 is 0 Å². The van der Waals surface area contributed by atoms with Crippen LogP contribution in [-0.2, 0) is 0 Å². The number of aryl methyl sites for hydroxylation is 2. The highest BCUT2D eigenvalue weighted by Gasteiger charge is 2.13. The third-order valence-electron chi connectivity index (χ3n) is 2.20. The largest absolute Gasteiger partial charge is 0.374 e. The number of hydrogen-bond acceptors (Lipinski definition) is 6. The van der Waals surface area contributed by atoms with Crippen LogP contribution in [0.1, 0.15) is 21.7 Å². The van der Waals surface area contributed by atoms with E-state index < -0.39 is 0 Å². The summed E-state index contributed by atoms with van der Waals surface area (Å²) >= 11 is 2.66. The number of Topliss-reactive ketones (excluding diaryl/α,β-unsaturated/α-hetero) is 1. The van der Waals surface area contributed by atoms with E-state index in [0.29, 0.717) is 10.9 Å². The Labute approximate surface area is 107 Å². The molecule has 17 heavy (non-hydrogen) atoms. The Morgan fingerprint density at radius 2 is 2.29 bits per heavy atom. The first-order valence-corrected chi connectivity index (χ1v) is 6.77. The number of hydrogen-bond donors (Lipinski definition) is 2. The zero-order chi connectivity index (χ0) is 12.4. The maximum Gasteiger partial charge on any atom is 0.203 e. The van der Waals surface area contributed by atoms with Crippen molar-refractivity contribution < 1.29 is 4.79 Å². The molecule has 0 radical (unpaired) electrons. The number of carbonyl (C=O) groups is 1. The molecule has 0 amide bonds. The molecule has 0 aliphatic rings. The number of carbonyl (C=O) groups excluding carboxylic acids is 1. The van der Waals surface area contributed by atoms with Gasteiger partial charge in [0, 0.05) is 17.0 Å². The first-order valence-electron chi connectivity index (χ1n) is 4.97. The highest BCUT2D eigenvalue weighted by Crippen LogP contribution is 2.24. The monoisotopic (exact) mass is 268 g/mol. The molecule has 2 heterocycles. The molecule has 2 rings (SSSR count). The summed E-state index contributed by atoms with van der Waals surface area (Å²) in [6.45, 7) is 3.83. The number of thioether (sulfide) groups is 1. The van der Waals surface area contributed by atoms with Gasteiger partial charge in [0.1, 0.15) is 0 Å². The standard InChI is InChI=1S/C10H12N4OS2/c1-5-3-7(6(2)12-5)8(15)4-16-10-14-13-9(11)17-10/h3,12H,4H2,1-2H3,(H2,11,13). The van der Waals surface area contributed by atoms with Gasteiger partial charge >= 0.3 is 0 Å². The number of nitrogens with zero attached hydrogens (tertiary/aromatic N) is 2. The summed E-state index contributed by atoms with van der Waals surface area (Å²) in [5, 5.41) is 7.98. The molecule has 7 heteroatoms. The number of H-pyrrole nitrogens is 1. The number of rotatable bonds is 4.